The lowest BCUT2D eigenvalue weighted by molar-refractivity contribution is -0.219. The Morgan fingerprint density at radius 3 is 2.53 bits per heavy atom. The fourth-order valence-electron chi connectivity index (χ4n) is 2.00. The molecule has 1 aliphatic rings. The zero-order valence-electron chi connectivity index (χ0n) is 8.93. The minimum atomic E-state index is -3.18. The first-order valence-electron chi connectivity index (χ1n) is 5.01. The Bertz CT molecular complexity index is 253. The maximum Gasteiger partial charge on any atom is 0.318 e. The summed E-state index contributed by atoms with van der Waals surface area (Å²) in [6.45, 7) is 3.00. The Kier molecular flexibility index (Phi) is 3.33. The monoisotopic (exact) mass is 222 g/mol. The van der Waals surface area contributed by atoms with Gasteiger partial charge in [-0.25, -0.2) is 8.78 Å². The number of carbonyl (C=O) groups is 1. The predicted molar refractivity (Wildman–Crippen MR) is 49.9 cm³/mol. The highest BCUT2D eigenvalue weighted by atomic mass is 19.3. The van der Waals surface area contributed by atoms with Gasteiger partial charge in [0.2, 0.25) is 0 Å². The molecule has 0 aliphatic carbocycles. The Hall–Kier alpha value is -0.710. The van der Waals surface area contributed by atoms with Gasteiger partial charge in [0.15, 0.2) is 5.41 Å². The molecule has 88 valence electrons. The van der Waals surface area contributed by atoms with Crippen molar-refractivity contribution in [3.63, 3.8) is 0 Å². The lowest BCUT2D eigenvalue weighted by Crippen LogP contribution is -2.55. The molecule has 0 aromatic carbocycles. The summed E-state index contributed by atoms with van der Waals surface area (Å²) >= 11 is 0. The SMILES string of the molecule is CC(C)CC1(C(=O)O)COCCC1(F)F. The summed E-state index contributed by atoms with van der Waals surface area (Å²) in [7, 11) is 0. The van der Waals surface area contributed by atoms with E-state index in [-0.39, 0.29) is 18.9 Å². The molecule has 0 radical (unpaired) electrons. The molecular formula is C10H16F2O3. The molecule has 0 aromatic rings. The van der Waals surface area contributed by atoms with Gasteiger partial charge in [-0.15, -0.1) is 0 Å². The van der Waals surface area contributed by atoms with Crippen molar-refractivity contribution < 1.29 is 23.4 Å². The first-order valence-corrected chi connectivity index (χ1v) is 5.01. The van der Waals surface area contributed by atoms with Gasteiger partial charge in [-0.1, -0.05) is 13.8 Å². The Balaban J connectivity index is 3.01. The number of hydrogen-bond acceptors (Lipinski definition) is 2. The van der Waals surface area contributed by atoms with Crippen molar-refractivity contribution in [2.24, 2.45) is 11.3 Å². The first-order chi connectivity index (χ1) is 6.82. The molecule has 1 N–H and O–H groups in total. The summed E-state index contributed by atoms with van der Waals surface area (Å²) in [5.41, 5.74) is -2.04. The van der Waals surface area contributed by atoms with Crippen molar-refractivity contribution in [1.82, 2.24) is 0 Å². The minimum Gasteiger partial charge on any atom is -0.481 e. The molecule has 1 rings (SSSR count). The number of carboxylic acid groups (broad SMARTS) is 1. The van der Waals surface area contributed by atoms with Crippen LogP contribution in [0.4, 0.5) is 8.78 Å². The van der Waals surface area contributed by atoms with Gasteiger partial charge in [0.25, 0.3) is 5.92 Å². The second-order valence-electron chi connectivity index (χ2n) is 4.49. The van der Waals surface area contributed by atoms with Crippen LogP contribution in [0.3, 0.4) is 0 Å². The first kappa shape index (κ1) is 12.4. The van der Waals surface area contributed by atoms with Gasteiger partial charge in [0.1, 0.15) is 0 Å². The van der Waals surface area contributed by atoms with Crippen LogP contribution >= 0.6 is 0 Å². The molecule has 0 spiro atoms. The number of aliphatic carboxylic acids is 1. The summed E-state index contributed by atoms with van der Waals surface area (Å²) in [5, 5.41) is 9.01. The van der Waals surface area contributed by atoms with Crippen LogP contribution in [0.5, 0.6) is 0 Å². The van der Waals surface area contributed by atoms with Crippen molar-refractivity contribution >= 4 is 5.97 Å². The zero-order chi connectivity index (χ0) is 11.7. The summed E-state index contributed by atoms with van der Waals surface area (Å²) in [6, 6.07) is 0. The average molecular weight is 222 g/mol. The van der Waals surface area contributed by atoms with E-state index in [4.69, 9.17) is 9.84 Å². The van der Waals surface area contributed by atoms with Crippen molar-refractivity contribution in [3.8, 4) is 0 Å². The second-order valence-corrected chi connectivity index (χ2v) is 4.49. The lowest BCUT2D eigenvalue weighted by atomic mass is 9.73. The number of alkyl halides is 2. The smallest absolute Gasteiger partial charge is 0.318 e. The Morgan fingerprint density at radius 2 is 2.13 bits per heavy atom. The van der Waals surface area contributed by atoms with Gasteiger partial charge in [0.05, 0.1) is 13.2 Å². The highest BCUT2D eigenvalue weighted by Gasteiger charge is 2.61. The van der Waals surface area contributed by atoms with Gasteiger partial charge >= 0.3 is 5.97 Å². The van der Waals surface area contributed by atoms with E-state index in [0.717, 1.165) is 0 Å². The molecule has 0 aromatic heterocycles. The molecule has 0 bridgehead atoms. The standard InChI is InChI=1S/C10H16F2O3/c1-7(2)5-9(8(13)14)6-15-4-3-10(9,11)12/h7H,3-6H2,1-2H3,(H,13,14). The van der Waals surface area contributed by atoms with E-state index in [1.165, 1.54) is 0 Å². The third-order valence-corrected chi connectivity index (χ3v) is 2.78. The highest BCUT2D eigenvalue weighted by molar-refractivity contribution is 5.76. The average Bonchev–Trinajstić information content (AvgIpc) is 2.07. The van der Waals surface area contributed by atoms with Crippen LogP contribution in [0.25, 0.3) is 0 Å². The quantitative estimate of drug-likeness (QED) is 0.795. The largest absolute Gasteiger partial charge is 0.481 e. The summed E-state index contributed by atoms with van der Waals surface area (Å²) < 4.78 is 32.3. The number of carboxylic acids is 1. The minimum absolute atomic E-state index is 0.0602. The van der Waals surface area contributed by atoms with Gasteiger partial charge in [0, 0.05) is 6.42 Å². The van der Waals surface area contributed by atoms with Crippen LogP contribution < -0.4 is 0 Å². The molecule has 1 atom stereocenters. The van der Waals surface area contributed by atoms with E-state index in [1.807, 2.05) is 0 Å². The van der Waals surface area contributed by atoms with Crippen molar-refractivity contribution in [3.05, 3.63) is 0 Å². The van der Waals surface area contributed by atoms with Crippen LogP contribution in [-0.2, 0) is 9.53 Å². The fraction of sp³-hybridized carbons (Fsp3) is 0.900. The molecule has 3 nitrogen and oxygen atoms in total. The molecular weight excluding hydrogens is 206 g/mol. The summed E-state index contributed by atoms with van der Waals surface area (Å²) in [6.07, 6.45) is -0.568. The van der Waals surface area contributed by atoms with Crippen LogP contribution in [0, 0.1) is 11.3 Å². The summed E-state index contributed by atoms with van der Waals surface area (Å²) in [4.78, 5) is 11.1. The van der Waals surface area contributed by atoms with E-state index in [9.17, 15) is 13.6 Å². The second kappa shape index (κ2) is 4.04. The van der Waals surface area contributed by atoms with E-state index in [0.29, 0.717) is 0 Å². The highest BCUT2D eigenvalue weighted by Crippen LogP contribution is 2.47. The molecule has 1 fully saturated rings. The van der Waals surface area contributed by atoms with Gasteiger partial charge < -0.3 is 9.84 Å². The molecule has 15 heavy (non-hydrogen) atoms. The third kappa shape index (κ3) is 2.12. The van der Waals surface area contributed by atoms with Crippen molar-refractivity contribution in [1.29, 1.82) is 0 Å². The van der Waals surface area contributed by atoms with E-state index < -0.39 is 30.3 Å². The third-order valence-electron chi connectivity index (χ3n) is 2.78. The van der Waals surface area contributed by atoms with Gasteiger partial charge in [-0.2, -0.15) is 0 Å². The van der Waals surface area contributed by atoms with Crippen LogP contribution in [-0.4, -0.2) is 30.2 Å². The Labute approximate surface area is 87.4 Å². The molecule has 0 amide bonds. The number of halogens is 2. The molecule has 1 heterocycles. The van der Waals surface area contributed by atoms with Gasteiger partial charge in [-0.05, 0) is 12.3 Å². The maximum absolute atomic E-state index is 13.7. The van der Waals surface area contributed by atoms with Crippen molar-refractivity contribution in [2.75, 3.05) is 13.2 Å². The fourth-order valence-corrected chi connectivity index (χ4v) is 2.00. The number of ether oxygens (including phenoxy) is 1. The maximum atomic E-state index is 13.7. The van der Waals surface area contributed by atoms with E-state index in [2.05, 4.69) is 0 Å². The molecule has 1 unspecified atom stereocenters. The molecule has 1 saturated heterocycles. The summed E-state index contributed by atoms with van der Waals surface area (Å²) in [5.74, 6) is -4.74. The van der Waals surface area contributed by atoms with E-state index >= 15 is 0 Å². The lowest BCUT2D eigenvalue weighted by Gasteiger charge is -2.41. The van der Waals surface area contributed by atoms with Crippen LogP contribution in [0.15, 0.2) is 0 Å². The molecule has 0 saturated carbocycles. The molecule has 1 aliphatic heterocycles. The topological polar surface area (TPSA) is 46.5 Å². The number of rotatable bonds is 3. The van der Waals surface area contributed by atoms with E-state index in [1.54, 1.807) is 13.8 Å². The Morgan fingerprint density at radius 1 is 1.53 bits per heavy atom. The number of hydrogen-bond donors (Lipinski definition) is 1. The molecule has 5 heteroatoms. The normalized spacial score (nSPS) is 30.5. The van der Waals surface area contributed by atoms with Crippen LogP contribution in [0.2, 0.25) is 0 Å². The predicted octanol–water partition coefficient (Wildman–Crippen LogP) is 2.16. The van der Waals surface area contributed by atoms with Crippen molar-refractivity contribution in [2.45, 2.75) is 32.6 Å². The van der Waals surface area contributed by atoms with Crippen LogP contribution in [0.1, 0.15) is 26.7 Å². The van der Waals surface area contributed by atoms with Gasteiger partial charge in [-0.3, -0.25) is 4.79 Å². The zero-order valence-corrected chi connectivity index (χ0v) is 8.93.